The van der Waals surface area contributed by atoms with Gasteiger partial charge < -0.3 is 40.6 Å². The molecule has 0 aromatic heterocycles. The molecular formula is C30H50ClFN4O6S. The molecule has 0 spiro atoms. The molecule has 1 fully saturated rings. The van der Waals surface area contributed by atoms with Crippen molar-refractivity contribution in [1.82, 2.24) is 16.0 Å². The zero-order chi connectivity index (χ0) is 31.6. The van der Waals surface area contributed by atoms with E-state index in [2.05, 4.69) is 29.8 Å². The summed E-state index contributed by atoms with van der Waals surface area (Å²) in [4.78, 5) is 26.2. The van der Waals surface area contributed by atoms with E-state index in [0.717, 1.165) is 25.7 Å². The number of hydrogen-bond donors (Lipinski definition) is 4. The van der Waals surface area contributed by atoms with E-state index < -0.39 is 27.9 Å². The fourth-order valence-electron chi connectivity index (χ4n) is 4.75. The summed E-state index contributed by atoms with van der Waals surface area (Å²) in [6.45, 7) is 8.85. The van der Waals surface area contributed by atoms with Crippen molar-refractivity contribution in [3.05, 3.63) is 29.6 Å². The first-order valence-electron chi connectivity index (χ1n) is 15.1. The molecule has 1 aliphatic heterocycles. The number of methoxy groups -OCH3 is 1. The molecule has 1 heterocycles. The summed E-state index contributed by atoms with van der Waals surface area (Å²) in [6.07, 6.45) is 4.60. The predicted molar refractivity (Wildman–Crippen MR) is 169 cm³/mol. The summed E-state index contributed by atoms with van der Waals surface area (Å²) in [5.74, 6) is -0.198. The van der Waals surface area contributed by atoms with Gasteiger partial charge in [0.05, 0.1) is 68.2 Å². The third-order valence-electron chi connectivity index (χ3n) is 7.25. The number of halogens is 2. The van der Waals surface area contributed by atoms with Gasteiger partial charge in [-0.15, -0.1) is 23.4 Å². The second-order valence-electron chi connectivity index (χ2n) is 10.6. The normalized spacial score (nSPS) is 20.5. The maximum Gasteiger partial charge on any atom is 0.315 e. The maximum absolute atomic E-state index is 14.7. The lowest BCUT2D eigenvalue weighted by Crippen LogP contribution is -2.62. The van der Waals surface area contributed by atoms with Crippen molar-refractivity contribution >= 4 is 35.3 Å². The van der Waals surface area contributed by atoms with E-state index in [1.54, 1.807) is 19.1 Å². The van der Waals surface area contributed by atoms with Crippen molar-refractivity contribution in [3.63, 3.8) is 0 Å². The molecular weight excluding hydrogens is 599 g/mol. The Kier molecular flexibility index (Phi) is 18.2. The minimum absolute atomic E-state index is 0.178. The zero-order valence-corrected chi connectivity index (χ0v) is 27.4. The van der Waals surface area contributed by atoms with Crippen LogP contribution in [0.25, 0.3) is 0 Å². The number of benzene rings is 1. The van der Waals surface area contributed by atoms with Crippen LogP contribution in [0.3, 0.4) is 0 Å². The Bertz CT molecular complexity index is 967. The van der Waals surface area contributed by atoms with Crippen LogP contribution in [0.4, 0.5) is 9.18 Å². The summed E-state index contributed by atoms with van der Waals surface area (Å²) in [7, 11) is 1.47. The van der Waals surface area contributed by atoms with Crippen molar-refractivity contribution in [3.8, 4) is 5.75 Å². The number of amides is 3. The Morgan fingerprint density at radius 1 is 1.07 bits per heavy atom. The van der Waals surface area contributed by atoms with Gasteiger partial charge in [0.25, 0.3) is 0 Å². The Morgan fingerprint density at radius 3 is 2.37 bits per heavy atom. The van der Waals surface area contributed by atoms with Gasteiger partial charge in [-0.2, -0.15) is 0 Å². The molecule has 6 atom stereocenters. The van der Waals surface area contributed by atoms with Crippen molar-refractivity contribution in [2.45, 2.75) is 81.0 Å². The molecule has 1 saturated heterocycles. The van der Waals surface area contributed by atoms with Gasteiger partial charge in [0.15, 0.2) is 0 Å². The third kappa shape index (κ3) is 13.4. The predicted octanol–water partition coefficient (Wildman–Crippen LogP) is 4.34. The van der Waals surface area contributed by atoms with Crippen LogP contribution in [0, 0.1) is 11.7 Å². The SMILES string of the molecule is CCCCCC(C)C1NC(=O)NC(S[C@H](CCOCCOCCOCCN)C(=O)N[C@H](C)c2ccc(OC)cc2F)C1Cl. The number of unbranched alkanes of at least 4 members (excludes halogenated alkanes) is 2. The molecule has 0 aliphatic carbocycles. The van der Waals surface area contributed by atoms with Gasteiger partial charge in [-0.3, -0.25) is 4.79 Å². The van der Waals surface area contributed by atoms with Crippen LogP contribution in [-0.2, 0) is 19.0 Å². The second kappa shape index (κ2) is 21.0. The highest BCUT2D eigenvalue weighted by Gasteiger charge is 2.40. The summed E-state index contributed by atoms with van der Waals surface area (Å²) in [6, 6.07) is 3.39. The largest absolute Gasteiger partial charge is 0.497 e. The lowest BCUT2D eigenvalue weighted by molar-refractivity contribution is -0.121. The molecule has 3 amide bonds. The van der Waals surface area contributed by atoms with E-state index >= 15 is 0 Å². The molecule has 0 bridgehead atoms. The Balaban J connectivity index is 2.03. The minimum Gasteiger partial charge on any atom is -0.497 e. The van der Waals surface area contributed by atoms with Crippen LogP contribution < -0.4 is 26.4 Å². The lowest BCUT2D eigenvalue weighted by Gasteiger charge is -2.39. The molecule has 1 aromatic rings. The second-order valence-corrected chi connectivity index (χ2v) is 12.5. The number of thioether (sulfide) groups is 1. The monoisotopic (exact) mass is 648 g/mol. The van der Waals surface area contributed by atoms with Crippen molar-refractivity contribution < 1.29 is 32.9 Å². The molecule has 1 aromatic carbocycles. The number of carbonyl (C=O) groups is 2. The number of nitrogens with one attached hydrogen (secondary N) is 3. The number of hydrogen-bond acceptors (Lipinski definition) is 8. The molecule has 2 rings (SSSR count). The fraction of sp³-hybridized carbons (Fsp3) is 0.733. The van der Waals surface area contributed by atoms with Crippen LogP contribution in [0.1, 0.15) is 64.5 Å². The van der Waals surface area contributed by atoms with Gasteiger partial charge in [0.1, 0.15) is 11.6 Å². The highest BCUT2D eigenvalue weighted by Crippen LogP contribution is 2.32. The molecule has 0 radical (unpaired) electrons. The summed E-state index contributed by atoms with van der Waals surface area (Å²) in [5, 5.41) is 7.24. The van der Waals surface area contributed by atoms with Crippen LogP contribution in [-0.4, -0.2) is 87.3 Å². The maximum atomic E-state index is 14.7. The Labute approximate surface area is 265 Å². The smallest absolute Gasteiger partial charge is 0.315 e. The van der Waals surface area contributed by atoms with Crippen LogP contribution in [0.5, 0.6) is 5.75 Å². The van der Waals surface area contributed by atoms with E-state index in [4.69, 9.17) is 36.3 Å². The quantitative estimate of drug-likeness (QED) is 0.108. The van der Waals surface area contributed by atoms with E-state index in [0.29, 0.717) is 57.3 Å². The van der Waals surface area contributed by atoms with E-state index in [-0.39, 0.29) is 30.5 Å². The summed E-state index contributed by atoms with van der Waals surface area (Å²) >= 11 is 8.22. The van der Waals surface area contributed by atoms with Crippen LogP contribution in [0.2, 0.25) is 0 Å². The lowest BCUT2D eigenvalue weighted by atomic mass is 9.92. The van der Waals surface area contributed by atoms with Crippen molar-refractivity contribution in [1.29, 1.82) is 0 Å². The van der Waals surface area contributed by atoms with Crippen LogP contribution >= 0.6 is 23.4 Å². The molecule has 1 aliphatic rings. The number of nitrogens with two attached hydrogens (primary N) is 1. The first-order chi connectivity index (χ1) is 20.7. The first-order valence-corrected chi connectivity index (χ1v) is 16.5. The minimum atomic E-state index is -0.616. The Morgan fingerprint density at radius 2 is 1.74 bits per heavy atom. The van der Waals surface area contributed by atoms with Crippen molar-refractivity contribution in [2.75, 3.05) is 53.3 Å². The molecule has 0 saturated carbocycles. The van der Waals surface area contributed by atoms with Crippen molar-refractivity contribution in [2.24, 2.45) is 11.7 Å². The summed E-state index contributed by atoms with van der Waals surface area (Å²) in [5.41, 5.74) is 5.73. The molecule has 43 heavy (non-hydrogen) atoms. The fourth-order valence-corrected chi connectivity index (χ4v) is 6.58. The highest BCUT2D eigenvalue weighted by molar-refractivity contribution is 8.01. The molecule has 10 nitrogen and oxygen atoms in total. The molecule has 246 valence electrons. The van der Waals surface area contributed by atoms with Gasteiger partial charge in [-0.25, -0.2) is 9.18 Å². The number of alkyl halides is 1. The van der Waals surface area contributed by atoms with Gasteiger partial charge >= 0.3 is 6.03 Å². The van der Waals surface area contributed by atoms with Gasteiger partial charge in [-0.1, -0.05) is 39.2 Å². The topological polar surface area (TPSA) is 133 Å². The number of ether oxygens (including phenoxy) is 4. The van der Waals surface area contributed by atoms with E-state index in [9.17, 15) is 14.0 Å². The Hall–Kier alpha value is -1.83. The van der Waals surface area contributed by atoms with Crippen LogP contribution in [0.15, 0.2) is 18.2 Å². The average molecular weight is 649 g/mol. The van der Waals surface area contributed by atoms with Gasteiger partial charge in [-0.05, 0) is 31.7 Å². The summed E-state index contributed by atoms with van der Waals surface area (Å²) < 4.78 is 36.3. The third-order valence-corrected chi connectivity index (χ3v) is 9.40. The molecule has 5 N–H and O–H groups in total. The molecule has 13 heteroatoms. The molecule has 4 unspecified atom stereocenters. The van der Waals surface area contributed by atoms with Gasteiger partial charge in [0, 0.05) is 24.8 Å². The number of urea groups is 1. The van der Waals surface area contributed by atoms with Gasteiger partial charge in [0.2, 0.25) is 5.91 Å². The van der Waals surface area contributed by atoms with E-state index in [1.807, 2.05) is 0 Å². The average Bonchev–Trinajstić information content (AvgIpc) is 2.98. The van der Waals surface area contributed by atoms with E-state index in [1.165, 1.54) is 24.9 Å². The standard InChI is InChI=1S/C30H50ClFN4O6S/c1-5-6-7-8-20(2)27-26(31)29(36-30(38)35-27)43-25(11-13-40-15-17-42-18-16-41-14-12-33)28(37)34-21(3)23-10-9-22(39-4)19-24(23)32/h9-10,19-21,25-27,29H,5-8,11-18,33H2,1-4H3,(H,34,37)(H2,35,36,38)/t20?,21-,25-,26?,27?,29?/m1/s1. The zero-order valence-electron chi connectivity index (χ0n) is 25.9. The first kappa shape index (κ1) is 37.4. The highest BCUT2D eigenvalue weighted by atomic mass is 35.5. The number of rotatable bonds is 22. The number of carbonyl (C=O) groups excluding carboxylic acids is 2.